The Hall–Kier alpha value is -1.45. The van der Waals surface area contributed by atoms with Crippen LogP contribution < -0.4 is 10.6 Å². The number of nitrogens with zero attached hydrogens (tertiary/aromatic N) is 1. The van der Waals surface area contributed by atoms with Gasteiger partial charge in [0.2, 0.25) is 0 Å². The molecule has 0 spiro atoms. The highest BCUT2D eigenvalue weighted by Crippen LogP contribution is 2.39. The molecule has 2 aromatic carbocycles. The second-order valence-corrected chi connectivity index (χ2v) is 6.62. The van der Waals surface area contributed by atoms with Crippen molar-refractivity contribution in [2.45, 2.75) is 0 Å². The predicted octanol–water partition coefficient (Wildman–Crippen LogP) is 3.15. The van der Waals surface area contributed by atoms with Gasteiger partial charge in [0, 0.05) is 8.07 Å². The maximum absolute atomic E-state index is 13.9. The molecule has 0 saturated heterocycles. The maximum Gasteiger partial charge on any atom is 0.135 e. The van der Waals surface area contributed by atoms with Crippen LogP contribution in [0.1, 0.15) is 0 Å². The van der Waals surface area contributed by atoms with E-state index < -0.39 is 31.3 Å². The van der Waals surface area contributed by atoms with Crippen molar-refractivity contribution in [1.29, 1.82) is 0 Å². The van der Waals surface area contributed by atoms with Crippen LogP contribution >= 0.6 is 8.07 Å². The first kappa shape index (κ1) is 14.9. The number of benzene rings is 2. The van der Waals surface area contributed by atoms with Crippen LogP contribution in [0.3, 0.4) is 0 Å². The number of hydrogen-bond donors (Lipinski definition) is 0. The lowest BCUT2D eigenvalue weighted by molar-refractivity contribution is 0.587. The molecule has 0 aliphatic carbocycles. The first-order valence-electron chi connectivity index (χ1n) is 5.79. The van der Waals surface area contributed by atoms with Crippen molar-refractivity contribution in [2.75, 3.05) is 14.1 Å². The van der Waals surface area contributed by atoms with Crippen molar-refractivity contribution in [1.82, 2.24) is 4.67 Å². The maximum atomic E-state index is 13.9. The van der Waals surface area contributed by atoms with Crippen LogP contribution in [0.15, 0.2) is 36.4 Å². The van der Waals surface area contributed by atoms with Crippen LogP contribution in [0.2, 0.25) is 0 Å². The highest BCUT2D eigenvalue weighted by Gasteiger charge is 2.29. The van der Waals surface area contributed by atoms with Gasteiger partial charge in [0.25, 0.3) is 0 Å². The van der Waals surface area contributed by atoms with E-state index in [2.05, 4.69) is 0 Å². The minimum absolute atomic E-state index is 0.309. The van der Waals surface area contributed by atoms with Crippen LogP contribution in [0.25, 0.3) is 0 Å². The molecule has 0 saturated carbocycles. The molecule has 0 unspecified atom stereocenters. The Morgan fingerprint density at radius 1 is 0.700 bits per heavy atom. The van der Waals surface area contributed by atoms with Gasteiger partial charge in [-0.15, -0.1) is 0 Å². The smallest absolute Gasteiger partial charge is 0.135 e. The van der Waals surface area contributed by atoms with Gasteiger partial charge in [0.15, 0.2) is 0 Å². The summed E-state index contributed by atoms with van der Waals surface area (Å²) in [5.74, 6) is -3.25. The van der Waals surface area contributed by atoms with Crippen LogP contribution in [0.5, 0.6) is 0 Å². The van der Waals surface area contributed by atoms with E-state index in [9.17, 15) is 17.6 Å². The molecule has 0 atom stereocenters. The van der Waals surface area contributed by atoms with E-state index in [1.807, 2.05) is 0 Å². The average Bonchev–Trinajstić information content (AvgIpc) is 2.35. The molecule has 0 N–H and O–H groups in total. The van der Waals surface area contributed by atoms with Crippen LogP contribution in [-0.4, -0.2) is 18.8 Å². The van der Waals surface area contributed by atoms with Gasteiger partial charge in [0.1, 0.15) is 23.3 Å². The Labute approximate surface area is 115 Å². The Morgan fingerprint density at radius 2 is 1.00 bits per heavy atom. The van der Waals surface area contributed by atoms with E-state index in [0.717, 1.165) is 24.3 Å². The first-order valence-corrected chi connectivity index (χ1v) is 7.08. The fourth-order valence-corrected chi connectivity index (χ4v) is 4.03. The summed E-state index contributed by atoms with van der Waals surface area (Å²) in [5, 5.41) is -0.618. The van der Waals surface area contributed by atoms with Crippen molar-refractivity contribution in [2.24, 2.45) is 0 Å². The highest BCUT2D eigenvalue weighted by atomic mass is 31.1. The van der Waals surface area contributed by atoms with Gasteiger partial charge in [-0.3, -0.25) is 4.67 Å². The lowest BCUT2D eigenvalue weighted by Gasteiger charge is -2.26. The molecule has 2 rings (SSSR count). The summed E-state index contributed by atoms with van der Waals surface area (Å²) < 4.78 is 57.1. The Bertz CT molecular complexity index is 539. The van der Waals surface area contributed by atoms with Gasteiger partial charge >= 0.3 is 0 Å². The normalized spacial score (nSPS) is 11.4. The summed E-state index contributed by atoms with van der Waals surface area (Å²) in [6.45, 7) is 0. The van der Waals surface area contributed by atoms with E-state index >= 15 is 0 Å². The van der Waals surface area contributed by atoms with Crippen molar-refractivity contribution in [3.05, 3.63) is 59.7 Å². The fourth-order valence-electron chi connectivity index (χ4n) is 1.89. The van der Waals surface area contributed by atoms with Crippen LogP contribution in [0, 0.1) is 23.3 Å². The molecule has 106 valence electrons. The third kappa shape index (κ3) is 2.69. The first-order chi connectivity index (χ1) is 9.43. The second kappa shape index (κ2) is 5.90. The topological polar surface area (TPSA) is 3.24 Å². The van der Waals surface area contributed by atoms with Crippen molar-refractivity contribution < 1.29 is 17.6 Å². The van der Waals surface area contributed by atoms with Crippen molar-refractivity contribution >= 4 is 18.7 Å². The van der Waals surface area contributed by atoms with E-state index in [1.165, 1.54) is 30.9 Å². The van der Waals surface area contributed by atoms with Gasteiger partial charge in [0.05, 0.1) is 10.6 Å². The van der Waals surface area contributed by atoms with Gasteiger partial charge in [-0.05, 0) is 38.4 Å². The number of rotatable bonds is 3. The summed E-state index contributed by atoms with van der Waals surface area (Å²) in [6, 6.07) is 6.75. The summed E-state index contributed by atoms with van der Waals surface area (Å²) >= 11 is 0. The molecule has 6 heteroatoms. The highest BCUT2D eigenvalue weighted by molar-refractivity contribution is 7.70. The molecule has 0 heterocycles. The fraction of sp³-hybridized carbons (Fsp3) is 0.143. The largest absolute Gasteiger partial charge is 0.281 e. The second-order valence-electron chi connectivity index (χ2n) is 4.30. The molecule has 0 amide bonds. The lowest BCUT2D eigenvalue weighted by Crippen LogP contribution is -2.30. The molecule has 0 bridgehead atoms. The zero-order valence-corrected chi connectivity index (χ0v) is 11.8. The van der Waals surface area contributed by atoms with Crippen LogP contribution in [-0.2, 0) is 0 Å². The SMILES string of the molecule is CN(C)P(c1c(F)cccc1F)c1c(F)cccc1F. The summed E-state index contributed by atoms with van der Waals surface area (Å²) in [4.78, 5) is 0. The zero-order valence-electron chi connectivity index (χ0n) is 10.9. The summed E-state index contributed by atoms with van der Waals surface area (Å²) in [5.41, 5.74) is 0. The molecular weight excluding hydrogens is 289 g/mol. The van der Waals surface area contributed by atoms with E-state index in [1.54, 1.807) is 0 Å². The third-order valence-electron chi connectivity index (χ3n) is 2.70. The van der Waals surface area contributed by atoms with Gasteiger partial charge in [-0.2, -0.15) is 0 Å². The standard InChI is InChI=1S/C14H12F4NP/c1-19(2)20(13-9(15)5-3-6-10(13)16)14-11(17)7-4-8-12(14)18/h3-8H,1-2H3. The van der Waals surface area contributed by atoms with E-state index in [-0.39, 0.29) is 10.6 Å². The molecule has 2 aromatic rings. The Kier molecular flexibility index (Phi) is 4.41. The zero-order chi connectivity index (χ0) is 14.9. The Morgan fingerprint density at radius 3 is 1.25 bits per heavy atom. The van der Waals surface area contributed by atoms with Crippen LogP contribution in [0.4, 0.5) is 17.6 Å². The predicted molar refractivity (Wildman–Crippen MR) is 72.6 cm³/mol. The van der Waals surface area contributed by atoms with Gasteiger partial charge in [-0.25, -0.2) is 17.6 Å². The molecule has 0 aromatic heterocycles. The molecule has 0 aliphatic rings. The van der Waals surface area contributed by atoms with Crippen molar-refractivity contribution in [3.8, 4) is 0 Å². The monoisotopic (exact) mass is 301 g/mol. The molecule has 0 fully saturated rings. The van der Waals surface area contributed by atoms with E-state index in [0.29, 0.717) is 0 Å². The number of hydrogen-bond acceptors (Lipinski definition) is 1. The minimum Gasteiger partial charge on any atom is -0.281 e. The average molecular weight is 301 g/mol. The molecule has 0 radical (unpaired) electrons. The van der Waals surface area contributed by atoms with Crippen molar-refractivity contribution in [3.63, 3.8) is 0 Å². The quantitative estimate of drug-likeness (QED) is 0.622. The summed E-state index contributed by atoms with van der Waals surface area (Å²) in [6.07, 6.45) is 0. The number of halogens is 4. The minimum atomic E-state index is -1.96. The van der Waals surface area contributed by atoms with Gasteiger partial charge in [-0.1, -0.05) is 12.1 Å². The van der Waals surface area contributed by atoms with E-state index in [4.69, 9.17) is 0 Å². The van der Waals surface area contributed by atoms with Gasteiger partial charge < -0.3 is 0 Å². The molecule has 20 heavy (non-hydrogen) atoms. The lowest BCUT2D eigenvalue weighted by atomic mass is 10.3. The summed E-state index contributed by atoms with van der Waals surface area (Å²) in [7, 11) is 1.10. The molecule has 1 nitrogen and oxygen atoms in total. The molecule has 0 aliphatic heterocycles. The third-order valence-corrected chi connectivity index (χ3v) is 5.20. The molecular formula is C14H12F4NP. The Balaban J connectivity index is 2.70.